The Morgan fingerprint density at radius 1 is 1.00 bits per heavy atom. The zero-order chi connectivity index (χ0) is 20.5. The number of carbonyl (C=O) groups excluding carboxylic acids is 1. The maximum atomic E-state index is 13.3. The van der Waals surface area contributed by atoms with Gasteiger partial charge in [-0.1, -0.05) is 29.8 Å². The normalized spacial score (nSPS) is 11.0. The smallest absolute Gasteiger partial charge is 0.274 e. The number of amides is 1. The molecule has 7 heteroatoms. The first-order chi connectivity index (χ1) is 13.9. The van der Waals surface area contributed by atoms with E-state index >= 15 is 0 Å². The van der Waals surface area contributed by atoms with Crippen LogP contribution in [0.2, 0.25) is 0 Å². The summed E-state index contributed by atoms with van der Waals surface area (Å²) in [5, 5.41) is 2.96. The van der Waals surface area contributed by atoms with Crippen molar-refractivity contribution in [3.63, 3.8) is 0 Å². The highest BCUT2D eigenvalue weighted by Gasteiger charge is 2.20. The zero-order valence-electron chi connectivity index (χ0n) is 16.5. The van der Waals surface area contributed by atoms with E-state index in [2.05, 4.69) is 15.1 Å². The van der Waals surface area contributed by atoms with Crippen LogP contribution < -0.4 is 10.5 Å². The van der Waals surface area contributed by atoms with E-state index in [0.29, 0.717) is 17.1 Å². The van der Waals surface area contributed by atoms with Gasteiger partial charge in [0.2, 0.25) is 0 Å². The van der Waals surface area contributed by atoms with Crippen molar-refractivity contribution in [3.05, 3.63) is 93.2 Å². The molecule has 2 heterocycles. The first-order valence-corrected chi connectivity index (χ1v) is 9.31. The van der Waals surface area contributed by atoms with Gasteiger partial charge in [0.25, 0.3) is 17.2 Å². The molecule has 0 aliphatic carbocycles. The van der Waals surface area contributed by atoms with E-state index in [1.807, 2.05) is 62.4 Å². The molecule has 146 valence electrons. The molecule has 0 atom stereocenters. The van der Waals surface area contributed by atoms with Crippen LogP contribution in [0.1, 0.15) is 33.0 Å². The number of fused-ring (bicyclic) bond motifs is 1. The summed E-state index contributed by atoms with van der Waals surface area (Å²) in [6.45, 7) is 5.88. The molecule has 0 bridgehead atoms. The zero-order valence-corrected chi connectivity index (χ0v) is 16.5. The van der Waals surface area contributed by atoms with Crippen molar-refractivity contribution in [2.24, 2.45) is 0 Å². The third kappa shape index (κ3) is 3.80. The molecule has 29 heavy (non-hydrogen) atoms. The van der Waals surface area contributed by atoms with Crippen LogP contribution in [0.25, 0.3) is 5.78 Å². The van der Waals surface area contributed by atoms with Gasteiger partial charge in [-0.25, -0.2) is 4.98 Å². The third-order valence-electron chi connectivity index (χ3n) is 4.67. The van der Waals surface area contributed by atoms with E-state index in [-0.39, 0.29) is 23.8 Å². The highest BCUT2D eigenvalue weighted by Crippen LogP contribution is 2.21. The summed E-state index contributed by atoms with van der Waals surface area (Å²) in [6.07, 6.45) is 0. The minimum Gasteiger partial charge on any atom is -0.301 e. The van der Waals surface area contributed by atoms with Crippen LogP contribution in [0, 0.1) is 20.8 Å². The number of aromatic amines is 1. The number of hydrogen-bond acceptors (Lipinski definition) is 4. The molecule has 4 aromatic rings. The largest absolute Gasteiger partial charge is 0.301 e. The van der Waals surface area contributed by atoms with E-state index in [1.54, 1.807) is 11.8 Å². The molecule has 0 aliphatic rings. The van der Waals surface area contributed by atoms with Gasteiger partial charge in [0.15, 0.2) is 0 Å². The summed E-state index contributed by atoms with van der Waals surface area (Å²) in [5.41, 5.74) is 3.83. The maximum absolute atomic E-state index is 13.3. The lowest BCUT2D eigenvalue weighted by molar-refractivity contribution is 0.0984. The standard InChI is InChI=1S/C22H21N5O2/c1-14-7-9-17(10-8-14)21(29)26(18-6-4-5-15(2)11-18)13-19-24-22-23-16(3)12-20(28)27(22)25-19/h4-12H,13H2,1-3H3,(H,23,24,25). The second-order valence-electron chi connectivity index (χ2n) is 7.14. The van der Waals surface area contributed by atoms with Crippen molar-refractivity contribution in [3.8, 4) is 0 Å². The molecule has 0 aliphatic heterocycles. The second-order valence-corrected chi connectivity index (χ2v) is 7.14. The summed E-state index contributed by atoms with van der Waals surface area (Å²) in [6, 6.07) is 16.6. The molecule has 0 fully saturated rings. The second kappa shape index (κ2) is 7.35. The minimum absolute atomic E-state index is 0.146. The number of H-pyrrole nitrogens is 1. The molecule has 4 rings (SSSR count). The van der Waals surface area contributed by atoms with Crippen molar-refractivity contribution in [1.29, 1.82) is 0 Å². The maximum Gasteiger partial charge on any atom is 0.274 e. The van der Waals surface area contributed by atoms with Gasteiger partial charge in [-0.05, 0) is 50.6 Å². The molecule has 0 saturated carbocycles. The summed E-state index contributed by atoms with van der Waals surface area (Å²) >= 11 is 0. The van der Waals surface area contributed by atoms with E-state index < -0.39 is 0 Å². The summed E-state index contributed by atoms with van der Waals surface area (Å²) < 4.78 is 1.28. The van der Waals surface area contributed by atoms with Crippen LogP contribution in [0.15, 0.2) is 59.4 Å². The van der Waals surface area contributed by atoms with Crippen LogP contribution in [-0.4, -0.2) is 25.5 Å². The molecule has 1 amide bonds. The van der Waals surface area contributed by atoms with Crippen LogP contribution in [0.3, 0.4) is 0 Å². The quantitative estimate of drug-likeness (QED) is 0.583. The molecular weight excluding hydrogens is 366 g/mol. The fourth-order valence-electron chi connectivity index (χ4n) is 3.19. The van der Waals surface area contributed by atoms with E-state index in [0.717, 1.165) is 16.8 Å². The van der Waals surface area contributed by atoms with Crippen LogP contribution in [0.5, 0.6) is 0 Å². The molecule has 7 nitrogen and oxygen atoms in total. The number of nitrogens with zero attached hydrogens (tertiary/aromatic N) is 4. The number of hydrogen-bond donors (Lipinski definition) is 1. The average Bonchev–Trinajstić information content (AvgIpc) is 3.09. The predicted molar refractivity (Wildman–Crippen MR) is 111 cm³/mol. The number of aryl methyl sites for hydroxylation is 3. The molecule has 2 aromatic carbocycles. The first kappa shape index (κ1) is 18.6. The number of rotatable bonds is 4. The number of aromatic nitrogens is 4. The van der Waals surface area contributed by atoms with Gasteiger partial charge in [0.1, 0.15) is 5.82 Å². The number of anilines is 1. The lowest BCUT2D eigenvalue weighted by Crippen LogP contribution is -2.31. The van der Waals surface area contributed by atoms with Crippen LogP contribution in [-0.2, 0) is 6.54 Å². The van der Waals surface area contributed by atoms with Gasteiger partial charge in [-0.2, -0.15) is 9.50 Å². The van der Waals surface area contributed by atoms with E-state index in [1.165, 1.54) is 10.6 Å². The molecule has 0 radical (unpaired) electrons. The average molecular weight is 387 g/mol. The summed E-state index contributed by atoms with van der Waals surface area (Å²) in [5.74, 6) is 0.617. The Kier molecular flexibility index (Phi) is 4.72. The highest BCUT2D eigenvalue weighted by molar-refractivity contribution is 6.06. The van der Waals surface area contributed by atoms with Gasteiger partial charge in [-0.15, -0.1) is 0 Å². The topological polar surface area (TPSA) is 83.4 Å². The van der Waals surface area contributed by atoms with Crippen LogP contribution in [0.4, 0.5) is 5.69 Å². The third-order valence-corrected chi connectivity index (χ3v) is 4.67. The Morgan fingerprint density at radius 2 is 1.76 bits per heavy atom. The van der Waals surface area contributed by atoms with Crippen molar-refractivity contribution < 1.29 is 4.79 Å². The number of carbonyl (C=O) groups is 1. The van der Waals surface area contributed by atoms with Gasteiger partial charge in [0.05, 0.1) is 6.54 Å². The highest BCUT2D eigenvalue weighted by atomic mass is 16.2. The van der Waals surface area contributed by atoms with Gasteiger partial charge >= 0.3 is 0 Å². The van der Waals surface area contributed by atoms with Crippen molar-refractivity contribution >= 4 is 17.4 Å². The van der Waals surface area contributed by atoms with Gasteiger partial charge < -0.3 is 4.90 Å². The van der Waals surface area contributed by atoms with Crippen LogP contribution >= 0.6 is 0 Å². The predicted octanol–water partition coefficient (Wildman–Crippen LogP) is 3.19. The lowest BCUT2D eigenvalue weighted by atomic mass is 10.1. The number of benzene rings is 2. The molecule has 1 N–H and O–H groups in total. The lowest BCUT2D eigenvalue weighted by Gasteiger charge is -2.22. The Morgan fingerprint density at radius 3 is 2.48 bits per heavy atom. The molecule has 0 spiro atoms. The molecule has 2 aromatic heterocycles. The Balaban J connectivity index is 1.76. The van der Waals surface area contributed by atoms with Crippen molar-refractivity contribution in [2.45, 2.75) is 27.3 Å². The van der Waals surface area contributed by atoms with Crippen molar-refractivity contribution in [1.82, 2.24) is 19.6 Å². The monoisotopic (exact) mass is 387 g/mol. The Hall–Kier alpha value is -3.74. The van der Waals surface area contributed by atoms with Gasteiger partial charge in [0, 0.05) is 23.0 Å². The number of nitrogens with one attached hydrogen (secondary N) is 1. The summed E-state index contributed by atoms with van der Waals surface area (Å²) in [4.78, 5) is 35.8. The SMILES string of the molecule is Cc1ccc(C(=O)N(Cc2nc3nc(C)cc(=O)n3[nH]2)c2cccc(C)c2)cc1. The van der Waals surface area contributed by atoms with Gasteiger partial charge in [-0.3, -0.25) is 14.7 Å². The Labute approximate surface area is 167 Å². The molecule has 0 saturated heterocycles. The molecule has 0 unspecified atom stereocenters. The van der Waals surface area contributed by atoms with E-state index in [9.17, 15) is 9.59 Å². The summed E-state index contributed by atoms with van der Waals surface area (Å²) in [7, 11) is 0. The van der Waals surface area contributed by atoms with Crippen molar-refractivity contribution in [2.75, 3.05) is 4.90 Å². The first-order valence-electron chi connectivity index (χ1n) is 9.31. The molecular formula is C22H21N5O2. The van der Waals surface area contributed by atoms with E-state index in [4.69, 9.17) is 0 Å². The fraction of sp³-hybridized carbons (Fsp3) is 0.182. The minimum atomic E-state index is -0.238. The fourth-order valence-corrected chi connectivity index (χ4v) is 3.19. The Bertz CT molecular complexity index is 1250.